The summed E-state index contributed by atoms with van der Waals surface area (Å²) in [7, 11) is 0. The molecule has 18 rings (SSSR count). The van der Waals surface area contributed by atoms with E-state index in [-0.39, 0.29) is 0 Å². The topological polar surface area (TPSA) is 16.3 Å². The van der Waals surface area contributed by atoms with E-state index in [9.17, 15) is 0 Å². The Kier molecular flexibility index (Phi) is 17.7. The van der Waals surface area contributed by atoms with Crippen LogP contribution in [0.25, 0.3) is 55.0 Å². The fourth-order valence-corrected chi connectivity index (χ4v) is 39.6. The monoisotopic (exact) mass is 1470 g/mol. The number of anilines is 6. The molecule has 0 bridgehead atoms. The molecule has 16 aromatic carbocycles. The van der Waals surface area contributed by atoms with Crippen molar-refractivity contribution in [2.24, 2.45) is 0 Å². The number of benzene rings is 16. The third kappa shape index (κ3) is 11.6. The van der Waals surface area contributed by atoms with E-state index in [0.29, 0.717) is 0 Å². The van der Waals surface area contributed by atoms with Gasteiger partial charge in [-0.2, -0.15) is 0 Å². The predicted octanol–water partition coefficient (Wildman–Crippen LogP) is 19.3. The van der Waals surface area contributed by atoms with Gasteiger partial charge in [0.15, 0.2) is 0 Å². The molecule has 0 amide bonds. The molecule has 0 fully saturated rings. The Morgan fingerprint density at radius 1 is 0.186 bits per heavy atom. The fourth-order valence-electron chi connectivity index (χ4n) is 15.8. The molecule has 0 aliphatic carbocycles. The summed E-state index contributed by atoms with van der Waals surface area (Å²) in [5.74, 6) is 0. The van der Waals surface area contributed by atoms with Crippen molar-refractivity contribution < 1.29 is 0 Å². The van der Waals surface area contributed by atoms with Gasteiger partial charge in [0.1, 0.15) is 0 Å². The van der Waals surface area contributed by atoms with Gasteiger partial charge in [0.05, 0.1) is 0 Å². The molecule has 0 radical (unpaired) electrons. The summed E-state index contributed by atoms with van der Waals surface area (Å²) in [4.78, 5) is 4.68. The second-order valence-electron chi connectivity index (χ2n) is 25.9. The van der Waals surface area contributed by atoms with Crippen LogP contribution < -0.4 is 41.7 Å². The molecule has 0 aliphatic heterocycles. The van der Waals surface area contributed by atoms with Gasteiger partial charge in [-0.05, 0) is 0 Å². The van der Waals surface area contributed by atoms with E-state index in [1.165, 1.54) is 86.9 Å². The first-order valence-corrected chi connectivity index (χ1v) is 45.0. The summed E-state index contributed by atoms with van der Waals surface area (Å²) in [6, 6.07) is 160. The molecule has 0 N–H and O–H groups in total. The van der Waals surface area contributed by atoms with Gasteiger partial charge >= 0.3 is 584 Å². The molecule has 18 aromatic rings. The van der Waals surface area contributed by atoms with Crippen LogP contribution in [0.5, 0.6) is 0 Å². The minimum atomic E-state index is -3.81. The van der Waals surface area contributed by atoms with Gasteiger partial charge in [-0.1, -0.05) is 24.3 Å². The summed E-state index contributed by atoms with van der Waals surface area (Å²) in [5.41, 5.74) is 13.9. The number of fused-ring (bicyclic) bond motifs is 6. The molecule has 0 spiro atoms. The van der Waals surface area contributed by atoms with Crippen LogP contribution in [0, 0.1) is 0 Å². The average molecular weight is 1470 g/mol. The van der Waals surface area contributed by atoms with E-state index in [4.69, 9.17) is 0 Å². The van der Waals surface area contributed by atoms with Crippen LogP contribution in [-0.4, -0.2) is 40.8 Å². The van der Waals surface area contributed by atoms with E-state index in [2.05, 4.69) is 456 Å². The van der Waals surface area contributed by atoms with Crippen LogP contribution in [0.15, 0.2) is 437 Å². The number of aromatic nitrogens is 2. The molecule has 0 aliphatic rings. The van der Waals surface area contributed by atoms with E-state index < -0.39 is 31.6 Å². The Balaban J connectivity index is 0.000000152. The third-order valence-electron chi connectivity index (χ3n) is 20.2. The van der Waals surface area contributed by atoms with Crippen LogP contribution in [-0.2, 0) is 0 Å². The second-order valence-corrected chi connectivity index (χ2v) is 44.8. The van der Waals surface area contributed by atoms with Crippen molar-refractivity contribution in [1.29, 1.82) is 0 Å². The summed E-state index contributed by atoms with van der Waals surface area (Å²) >= 11 is -7.26. The molecule has 484 valence electrons. The van der Waals surface area contributed by atoms with Crippen LogP contribution in [0.3, 0.4) is 0 Å². The van der Waals surface area contributed by atoms with Gasteiger partial charge in [0, 0.05) is 0 Å². The zero-order chi connectivity index (χ0) is 68.1. The van der Waals surface area contributed by atoms with Crippen LogP contribution in [0.2, 0.25) is 0 Å². The zero-order valence-electron chi connectivity index (χ0n) is 56.4. The molecular formula is C96H72GeN4Sn. The number of nitrogens with zero attached hydrogens (tertiary/aromatic N) is 4. The summed E-state index contributed by atoms with van der Waals surface area (Å²) in [6.07, 6.45) is 0. The summed E-state index contributed by atoms with van der Waals surface area (Å²) in [5, 5.41) is 4.94. The molecule has 4 nitrogen and oxygen atoms in total. The average Bonchev–Trinajstić information content (AvgIpc) is 1.11. The third-order valence-corrected chi connectivity index (χ3v) is 43.8. The Hall–Kier alpha value is -11.9. The van der Waals surface area contributed by atoms with Crippen molar-refractivity contribution in [3.63, 3.8) is 0 Å². The quantitative estimate of drug-likeness (QED) is 0.0897. The summed E-state index contributed by atoms with van der Waals surface area (Å²) in [6.45, 7) is 0. The summed E-state index contributed by atoms with van der Waals surface area (Å²) < 4.78 is 16.3. The Labute approximate surface area is 603 Å². The van der Waals surface area contributed by atoms with Gasteiger partial charge in [0.25, 0.3) is 0 Å². The normalized spacial score (nSPS) is 11.5. The zero-order valence-corrected chi connectivity index (χ0v) is 61.3. The molecule has 6 heteroatoms. The Morgan fingerprint density at radius 2 is 0.461 bits per heavy atom. The van der Waals surface area contributed by atoms with E-state index in [1.54, 1.807) is 0 Å². The van der Waals surface area contributed by atoms with Crippen molar-refractivity contribution in [3.05, 3.63) is 437 Å². The number of hydrogen-bond donors (Lipinski definition) is 0. The standard InChI is InChI=1S/C48H36GeN2.C30H21N2.3C6H5.Sn/c1-6-19-37(20-7-1)49(38-21-8-2-9-22-38,39-23-10-3-11-24-39)40-25-18-30-43(35-40)51-47-32-17-16-31-45(47)46-36-44(33-34-48(46)51)50(41-26-12-4-13-27-41)42-28-14-5-15-29-42;1-4-12-23(13-5-1)31(24-14-6-2-7-15-24)26-20-21-30-28(22-26)27-18-10-11-19-29(27)32(30)25-16-8-3-9-17-25;3*1-2-4-6-5-3-1;/h1-36H;1-8,10-22H;3*1-5H;. The Morgan fingerprint density at radius 3 is 0.824 bits per heavy atom. The molecule has 0 unspecified atom stereocenters. The first kappa shape index (κ1) is 63.5. The second kappa shape index (κ2) is 28.4. The van der Waals surface area contributed by atoms with E-state index in [1.807, 2.05) is 0 Å². The van der Waals surface area contributed by atoms with E-state index in [0.717, 1.165) is 34.1 Å². The maximum absolute atomic E-state index is 3.81. The van der Waals surface area contributed by atoms with Crippen LogP contribution in [0.4, 0.5) is 34.1 Å². The fraction of sp³-hybridized carbons (Fsp3) is 0. The predicted molar refractivity (Wildman–Crippen MR) is 438 cm³/mol. The van der Waals surface area contributed by atoms with E-state index >= 15 is 0 Å². The van der Waals surface area contributed by atoms with Crippen molar-refractivity contribution in [2.75, 3.05) is 9.80 Å². The number of hydrogen-bond acceptors (Lipinski definition) is 2. The maximum atomic E-state index is 2.49. The molecule has 0 saturated carbocycles. The molecule has 0 saturated heterocycles. The van der Waals surface area contributed by atoms with Crippen molar-refractivity contribution in [1.82, 2.24) is 9.13 Å². The van der Waals surface area contributed by atoms with Gasteiger partial charge in [-0.25, -0.2) is 0 Å². The van der Waals surface area contributed by atoms with Crippen molar-refractivity contribution in [2.45, 2.75) is 0 Å². The molecule has 102 heavy (non-hydrogen) atoms. The van der Waals surface area contributed by atoms with Crippen molar-refractivity contribution >= 4 is 141 Å². The SMILES string of the molecule is c1ccc(N(c2ccccc2)c2ccc3c(c2)c2ccccc2n3-c2ccc[c]([Ge]([c]3ccccc3)([c]3ccccc3)[c]3ccccc3)c2)cc1.c1ccc(N(c2ccccc2)c2ccc3c(c2)c2ccccc2n3-c2ccc[c]([Sn]([c]3ccccc3)([c]3ccccc3)[c]3ccccc3)c2)cc1. The van der Waals surface area contributed by atoms with Gasteiger partial charge < -0.3 is 0 Å². The molecule has 2 heterocycles. The Bertz CT molecular complexity index is 5230. The number of rotatable bonds is 16. The van der Waals surface area contributed by atoms with Crippen LogP contribution >= 0.6 is 0 Å². The first-order valence-electron chi connectivity index (χ1n) is 35.1. The molecule has 2 aromatic heterocycles. The number of para-hydroxylation sites is 6. The van der Waals surface area contributed by atoms with Crippen molar-refractivity contribution in [3.8, 4) is 11.4 Å². The first-order chi connectivity index (χ1) is 50.6. The van der Waals surface area contributed by atoms with Gasteiger partial charge in [0.2, 0.25) is 0 Å². The minimum absolute atomic E-state index is 1.13. The van der Waals surface area contributed by atoms with Gasteiger partial charge in [-0.3, -0.25) is 0 Å². The van der Waals surface area contributed by atoms with Gasteiger partial charge in [-0.15, -0.1) is 0 Å². The molecular weight excluding hydrogens is 1400 g/mol. The molecule has 0 atom stereocenters. The van der Waals surface area contributed by atoms with Crippen LogP contribution in [0.1, 0.15) is 0 Å².